The van der Waals surface area contributed by atoms with Crippen molar-refractivity contribution in [1.29, 1.82) is 0 Å². The van der Waals surface area contributed by atoms with Crippen LogP contribution in [0.25, 0.3) is 0 Å². The minimum absolute atomic E-state index is 0.211. The van der Waals surface area contributed by atoms with E-state index in [1.54, 1.807) is 11.3 Å². The lowest BCUT2D eigenvalue weighted by Crippen LogP contribution is -2.28. The van der Waals surface area contributed by atoms with Gasteiger partial charge in [0.2, 0.25) is 0 Å². The van der Waals surface area contributed by atoms with Crippen LogP contribution in [0.4, 0.5) is 0 Å². The van der Waals surface area contributed by atoms with Crippen LogP contribution in [-0.4, -0.2) is 0 Å². The summed E-state index contributed by atoms with van der Waals surface area (Å²) in [4.78, 5) is 1.28. The monoisotopic (exact) mass is 232 g/mol. The molecule has 1 atom stereocenters. The molecule has 0 saturated carbocycles. The number of aryl methyl sites for hydroxylation is 1. The van der Waals surface area contributed by atoms with Crippen molar-refractivity contribution in [2.45, 2.75) is 19.4 Å². The highest BCUT2D eigenvalue weighted by Crippen LogP contribution is 2.22. The molecule has 16 heavy (non-hydrogen) atoms. The van der Waals surface area contributed by atoms with Crippen LogP contribution in [0, 0.1) is 6.92 Å². The van der Waals surface area contributed by atoms with Gasteiger partial charge in [-0.05, 0) is 30.4 Å². The summed E-state index contributed by atoms with van der Waals surface area (Å²) in [5.41, 5.74) is 5.47. The lowest BCUT2D eigenvalue weighted by Gasteiger charge is -2.14. The van der Waals surface area contributed by atoms with E-state index in [0.717, 1.165) is 6.42 Å². The fourth-order valence-corrected chi connectivity index (χ4v) is 2.48. The van der Waals surface area contributed by atoms with Crippen molar-refractivity contribution in [2.24, 2.45) is 5.84 Å². The standard InChI is InChI=1S/C13H16N2S/c1-10-4-6-11(7-5-10)9-12(15-14)13-3-2-8-16-13/h2-8,12,15H,9,14H2,1H3. The summed E-state index contributed by atoms with van der Waals surface area (Å²) in [6.07, 6.45) is 0.928. The highest BCUT2D eigenvalue weighted by atomic mass is 32.1. The van der Waals surface area contributed by atoms with Gasteiger partial charge in [-0.1, -0.05) is 35.9 Å². The molecule has 1 heterocycles. The Hall–Kier alpha value is -1.16. The van der Waals surface area contributed by atoms with E-state index in [-0.39, 0.29) is 6.04 Å². The Labute approximate surface area is 100 Å². The van der Waals surface area contributed by atoms with Gasteiger partial charge in [-0.25, -0.2) is 0 Å². The second kappa shape index (κ2) is 5.25. The SMILES string of the molecule is Cc1ccc(CC(NN)c2cccs2)cc1. The average molecular weight is 232 g/mol. The van der Waals surface area contributed by atoms with E-state index in [1.165, 1.54) is 16.0 Å². The smallest absolute Gasteiger partial charge is 0.0593 e. The Bertz CT molecular complexity index is 420. The molecule has 1 aromatic carbocycles. The van der Waals surface area contributed by atoms with Crippen LogP contribution >= 0.6 is 11.3 Å². The van der Waals surface area contributed by atoms with Crippen molar-refractivity contribution in [2.75, 3.05) is 0 Å². The lowest BCUT2D eigenvalue weighted by atomic mass is 10.0. The van der Waals surface area contributed by atoms with Gasteiger partial charge in [0.15, 0.2) is 0 Å². The van der Waals surface area contributed by atoms with E-state index in [0.29, 0.717) is 0 Å². The van der Waals surface area contributed by atoms with Crippen molar-refractivity contribution in [3.63, 3.8) is 0 Å². The minimum Gasteiger partial charge on any atom is -0.271 e. The van der Waals surface area contributed by atoms with Gasteiger partial charge in [0.25, 0.3) is 0 Å². The minimum atomic E-state index is 0.211. The zero-order chi connectivity index (χ0) is 11.4. The van der Waals surface area contributed by atoms with Gasteiger partial charge in [0.05, 0.1) is 6.04 Å². The molecule has 0 fully saturated rings. The summed E-state index contributed by atoms with van der Waals surface area (Å²) < 4.78 is 0. The number of nitrogens with one attached hydrogen (secondary N) is 1. The highest BCUT2D eigenvalue weighted by molar-refractivity contribution is 7.10. The molecular weight excluding hydrogens is 216 g/mol. The molecule has 3 heteroatoms. The number of rotatable bonds is 4. The molecular formula is C13H16N2S. The van der Waals surface area contributed by atoms with Gasteiger partial charge in [0, 0.05) is 4.88 Å². The zero-order valence-corrected chi connectivity index (χ0v) is 10.1. The molecule has 0 aliphatic rings. The lowest BCUT2D eigenvalue weighted by molar-refractivity contribution is 0.560. The molecule has 0 radical (unpaired) electrons. The van der Waals surface area contributed by atoms with Gasteiger partial charge < -0.3 is 0 Å². The van der Waals surface area contributed by atoms with Crippen molar-refractivity contribution in [3.05, 3.63) is 57.8 Å². The molecule has 0 spiro atoms. The topological polar surface area (TPSA) is 38.0 Å². The number of benzene rings is 1. The van der Waals surface area contributed by atoms with Crippen LogP contribution in [0.15, 0.2) is 41.8 Å². The molecule has 3 N–H and O–H groups in total. The Morgan fingerprint density at radius 3 is 2.56 bits per heavy atom. The first kappa shape index (κ1) is 11.3. The highest BCUT2D eigenvalue weighted by Gasteiger charge is 2.10. The third kappa shape index (κ3) is 2.70. The fourth-order valence-electron chi connectivity index (χ4n) is 1.69. The number of thiophene rings is 1. The van der Waals surface area contributed by atoms with E-state index < -0.39 is 0 Å². The molecule has 1 unspecified atom stereocenters. The normalized spacial score (nSPS) is 12.6. The van der Waals surface area contributed by atoms with Crippen LogP contribution in [0.5, 0.6) is 0 Å². The van der Waals surface area contributed by atoms with Crippen molar-refractivity contribution in [1.82, 2.24) is 5.43 Å². The third-order valence-electron chi connectivity index (χ3n) is 2.65. The Morgan fingerprint density at radius 1 is 1.25 bits per heavy atom. The van der Waals surface area contributed by atoms with Crippen LogP contribution in [0.1, 0.15) is 22.0 Å². The number of hydrogen-bond acceptors (Lipinski definition) is 3. The average Bonchev–Trinajstić information content (AvgIpc) is 2.82. The van der Waals surface area contributed by atoms with Crippen molar-refractivity contribution in [3.8, 4) is 0 Å². The molecule has 2 nitrogen and oxygen atoms in total. The summed E-state index contributed by atoms with van der Waals surface area (Å²) in [6.45, 7) is 2.10. The van der Waals surface area contributed by atoms with Crippen LogP contribution in [0.2, 0.25) is 0 Å². The van der Waals surface area contributed by atoms with E-state index >= 15 is 0 Å². The Balaban J connectivity index is 2.10. The quantitative estimate of drug-likeness (QED) is 0.628. The van der Waals surface area contributed by atoms with Crippen molar-refractivity contribution >= 4 is 11.3 Å². The third-order valence-corrected chi connectivity index (χ3v) is 3.63. The molecule has 84 valence electrons. The predicted molar refractivity (Wildman–Crippen MR) is 69.3 cm³/mol. The molecule has 0 aliphatic carbocycles. The number of hydrogen-bond donors (Lipinski definition) is 2. The van der Waals surface area contributed by atoms with Crippen molar-refractivity contribution < 1.29 is 0 Å². The first-order chi connectivity index (χ1) is 7.79. The second-order valence-electron chi connectivity index (χ2n) is 3.92. The molecule has 2 aromatic rings. The maximum absolute atomic E-state index is 5.60. The summed E-state index contributed by atoms with van der Waals surface area (Å²) in [7, 11) is 0. The fraction of sp³-hybridized carbons (Fsp3) is 0.231. The Kier molecular flexibility index (Phi) is 3.72. The molecule has 0 saturated heterocycles. The van der Waals surface area contributed by atoms with E-state index in [2.05, 4.69) is 54.1 Å². The summed E-state index contributed by atoms with van der Waals surface area (Å²) >= 11 is 1.74. The van der Waals surface area contributed by atoms with Gasteiger partial charge >= 0.3 is 0 Å². The van der Waals surface area contributed by atoms with Crippen LogP contribution in [-0.2, 0) is 6.42 Å². The van der Waals surface area contributed by atoms with Crippen LogP contribution in [0.3, 0.4) is 0 Å². The number of nitrogens with two attached hydrogens (primary N) is 1. The van der Waals surface area contributed by atoms with E-state index in [4.69, 9.17) is 5.84 Å². The van der Waals surface area contributed by atoms with E-state index in [9.17, 15) is 0 Å². The summed E-state index contributed by atoms with van der Waals surface area (Å²) in [6, 6.07) is 13.0. The van der Waals surface area contributed by atoms with E-state index in [1.807, 2.05) is 0 Å². The second-order valence-corrected chi connectivity index (χ2v) is 4.90. The first-order valence-corrected chi connectivity index (χ1v) is 6.22. The largest absolute Gasteiger partial charge is 0.271 e. The molecule has 2 rings (SSSR count). The van der Waals surface area contributed by atoms with Gasteiger partial charge in [-0.2, -0.15) is 0 Å². The molecule has 0 amide bonds. The first-order valence-electron chi connectivity index (χ1n) is 5.34. The molecule has 1 aromatic heterocycles. The molecule has 0 bridgehead atoms. The number of hydrazine groups is 1. The maximum Gasteiger partial charge on any atom is 0.0593 e. The van der Waals surface area contributed by atoms with Gasteiger partial charge in [0.1, 0.15) is 0 Å². The molecule has 0 aliphatic heterocycles. The summed E-state index contributed by atoms with van der Waals surface area (Å²) in [5.74, 6) is 5.60. The summed E-state index contributed by atoms with van der Waals surface area (Å²) in [5, 5.41) is 2.08. The van der Waals surface area contributed by atoms with Crippen LogP contribution < -0.4 is 11.3 Å². The van der Waals surface area contributed by atoms with Gasteiger partial charge in [-0.3, -0.25) is 11.3 Å². The maximum atomic E-state index is 5.60. The van der Waals surface area contributed by atoms with Gasteiger partial charge in [-0.15, -0.1) is 11.3 Å². The zero-order valence-electron chi connectivity index (χ0n) is 9.31. The predicted octanol–water partition coefficient (Wildman–Crippen LogP) is 2.80. The Morgan fingerprint density at radius 2 is 2.00 bits per heavy atom.